The van der Waals surface area contributed by atoms with Crippen molar-refractivity contribution >= 4 is 45.5 Å². The van der Waals surface area contributed by atoms with E-state index in [4.69, 9.17) is 14.5 Å². The van der Waals surface area contributed by atoms with E-state index in [0.717, 1.165) is 33.2 Å². The van der Waals surface area contributed by atoms with Crippen molar-refractivity contribution in [3.8, 4) is 17.6 Å². The number of para-hydroxylation sites is 3. The number of amides is 2. The van der Waals surface area contributed by atoms with Crippen molar-refractivity contribution in [3.05, 3.63) is 185 Å². The summed E-state index contributed by atoms with van der Waals surface area (Å²) in [5.74, 6) is 4.58. The number of H-pyrrole nitrogens is 1. The molecule has 0 unspecified atom stereocenters. The van der Waals surface area contributed by atoms with Crippen molar-refractivity contribution in [2.75, 3.05) is 18.5 Å². The molecule has 11 rings (SSSR count). The van der Waals surface area contributed by atoms with Gasteiger partial charge in [0.1, 0.15) is 47.8 Å². The van der Waals surface area contributed by atoms with Gasteiger partial charge in [-0.1, -0.05) is 114 Å². The van der Waals surface area contributed by atoms with Crippen LogP contribution in [0, 0.1) is 17.8 Å². The zero-order valence-corrected chi connectivity index (χ0v) is 35.4. The van der Waals surface area contributed by atoms with Crippen LogP contribution in [-0.2, 0) is 37.6 Å². The van der Waals surface area contributed by atoms with E-state index in [-0.39, 0.29) is 26.3 Å². The predicted molar refractivity (Wildman–Crippen MR) is 244 cm³/mol. The number of esters is 1. The highest BCUT2D eigenvalue weighted by molar-refractivity contribution is 6.12. The molecule has 0 bridgehead atoms. The molecule has 3 aliphatic heterocycles. The minimum Gasteiger partial charge on any atom is -0.491 e. The molecule has 14 heteroatoms. The molecule has 6 atom stereocenters. The highest BCUT2D eigenvalue weighted by Crippen LogP contribution is 2.65. The number of imidazole rings is 1. The minimum atomic E-state index is -1.73. The summed E-state index contributed by atoms with van der Waals surface area (Å²) in [4.78, 5) is 56.4. The molecule has 2 saturated heterocycles. The summed E-state index contributed by atoms with van der Waals surface area (Å²) >= 11 is 0. The van der Waals surface area contributed by atoms with Crippen LogP contribution >= 0.6 is 0 Å². The maximum atomic E-state index is 15.6. The number of nitrogens with one attached hydrogen (secondary N) is 3. The van der Waals surface area contributed by atoms with Gasteiger partial charge < -0.3 is 30.2 Å². The summed E-state index contributed by atoms with van der Waals surface area (Å²) < 4.78 is 14.1. The lowest BCUT2D eigenvalue weighted by molar-refractivity contribution is -0.178. The van der Waals surface area contributed by atoms with Gasteiger partial charge in [0.25, 0.3) is 0 Å². The molecule has 0 aliphatic carbocycles. The SMILES string of the molecule is O=C1O[C@H](c2ccccc2)[C@H](c2ccccc2)N2[C@H]1[C@@H](C(=O)NCc1nc3ccccc3[nH]1)[C@]1(C(=O)Nc3ccc(C#CCn4nnc5ccccc54)cc31)[C@H]2c1ccc(OCCO)cc1. The van der Waals surface area contributed by atoms with E-state index in [2.05, 4.69) is 37.8 Å². The summed E-state index contributed by atoms with van der Waals surface area (Å²) in [5.41, 5.74) is 5.26. The van der Waals surface area contributed by atoms with Crippen LogP contribution in [0.25, 0.3) is 22.1 Å². The third kappa shape index (κ3) is 6.84. The largest absolute Gasteiger partial charge is 0.491 e. The van der Waals surface area contributed by atoms with Crippen molar-refractivity contribution in [1.82, 2.24) is 35.2 Å². The van der Waals surface area contributed by atoms with Crippen LogP contribution < -0.4 is 15.4 Å². The van der Waals surface area contributed by atoms with Gasteiger partial charge in [-0.15, -0.1) is 5.10 Å². The first-order valence-corrected chi connectivity index (χ1v) is 21.8. The standard InChI is InChI=1S/C52H42N8O6/c61-28-29-65-36-24-22-35(23-25-36)48-52(37-30-32(21-26-38(37)56-51(52)64)12-11-27-59-42-20-10-9-19-41(42)57-58-59)44(49(62)53-31-43-54-39-17-7-8-18-40(39)55-43)46-50(63)66-47(34-15-5-2-6-16-34)45(60(46)48)33-13-3-1-4-14-33/h1-10,13-26,30,44-48,61H,27-29,31H2,(H,53,62)(H,54,55)(H,56,64)/t44-,45-,46-,47+,48+,52-/m0/s1. The molecule has 14 nitrogen and oxygen atoms in total. The van der Waals surface area contributed by atoms with E-state index in [1.54, 1.807) is 22.9 Å². The third-order valence-electron chi connectivity index (χ3n) is 12.9. The fourth-order valence-electron chi connectivity index (χ4n) is 10.2. The second-order valence-electron chi connectivity index (χ2n) is 16.6. The molecule has 0 saturated carbocycles. The topological polar surface area (TPSA) is 177 Å². The number of carbonyl (C=O) groups is 3. The molecular formula is C52H42N8O6. The molecule has 0 radical (unpaired) electrons. The van der Waals surface area contributed by atoms with E-state index in [0.29, 0.717) is 34.0 Å². The number of ether oxygens (including phenoxy) is 2. The number of anilines is 1. The summed E-state index contributed by atoms with van der Waals surface area (Å²) in [6, 6.07) is 44.4. The molecule has 2 aromatic heterocycles. The molecule has 326 valence electrons. The first kappa shape index (κ1) is 40.6. The average molecular weight is 875 g/mol. The molecule has 66 heavy (non-hydrogen) atoms. The van der Waals surface area contributed by atoms with Gasteiger partial charge in [0.15, 0.2) is 0 Å². The number of hydrogen-bond donors (Lipinski definition) is 4. The smallest absolute Gasteiger partial charge is 0.324 e. The first-order valence-electron chi connectivity index (χ1n) is 21.8. The number of aliphatic hydroxyl groups excluding tert-OH is 1. The Kier molecular flexibility index (Phi) is 10.3. The summed E-state index contributed by atoms with van der Waals surface area (Å²) in [6.07, 6.45) is -0.824. The fourth-order valence-corrected chi connectivity index (χ4v) is 10.2. The first-order chi connectivity index (χ1) is 32.4. The molecule has 3 aliphatic rings. The Morgan fingerprint density at radius 3 is 2.32 bits per heavy atom. The normalized spacial score (nSPS) is 22.0. The Balaban J connectivity index is 1.11. The molecule has 1 spiro atoms. The summed E-state index contributed by atoms with van der Waals surface area (Å²) in [7, 11) is 0. The monoisotopic (exact) mass is 874 g/mol. The highest BCUT2D eigenvalue weighted by atomic mass is 16.6. The number of fused-ring (bicyclic) bond motifs is 5. The van der Waals surface area contributed by atoms with Crippen LogP contribution in [0.4, 0.5) is 5.69 Å². The number of benzene rings is 6. The van der Waals surface area contributed by atoms with Gasteiger partial charge in [0.05, 0.1) is 47.7 Å². The van der Waals surface area contributed by atoms with Crippen LogP contribution in [0.5, 0.6) is 5.75 Å². The van der Waals surface area contributed by atoms with E-state index in [1.807, 2.05) is 138 Å². The minimum absolute atomic E-state index is 0.00483. The Labute approximate surface area is 378 Å². The number of cyclic esters (lactones) is 1. The van der Waals surface area contributed by atoms with Gasteiger partial charge in [-0.3, -0.25) is 19.3 Å². The molecular weight excluding hydrogens is 833 g/mol. The van der Waals surface area contributed by atoms with Crippen molar-refractivity contribution < 1.29 is 29.0 Å². The lowest BCUT2D eigenvalue weighted by Gasteiger charge is -2.46. The second kappa shape index (κ2) is 16.8. The number of carbonyl (C=O) groups excluding carboxylic acids is 3. The van der Waals surface area contributed by atoms with Crippen molar-refractivity contribution in [2.45, 2.75) is 42.7 Å². The van der Waals surface area contributed by atoms with E-state index < -0.39 is 53.3 Å². The molecule has 8 aromatic rings. The molecule has 5 heterocycles. The van der Waals surface area contributed by atoms with E-state index >= 15 is 14.4 Å². The number of rotatable bonds is 10. The van der Waals surface area contributed by atoms with Gasteiger partial charge in [-0.2, -0.15) is 0 Å². The fraction of sp³-hybridized carbons (Fsp3) is 0.192. The second-order valence-corrected chi connectivity index (χ2v) is 16.6. The molecule has 6 aromatic carbocycles. The highest BCUT2D eigenvalue weighted by Gasteiger charge is 2.74. The van der Waals surface area contributed by atoms with Crippen molar-refractivity contribution in [1.29, 1.82) is 0 Å². The van der Waals surface area contributed by atoms with Crippen LogP contribution in [0.3, 0.4) is 0 Å². The predicted octanol–water partition coefficient (Wildman–Crippen LogP) is 6.32. The number of aromatic nitrogens is 5. The third-order valence-corrected chi connectivity index (χ3v) is 12.9. The average Bonchev–Trinajstić information content (AvgIpc) is 4.12. The number of morpholine rings is 1. The van der Waals surface area contributed by atoms with Gasteiger partial charge in [-0.05, 0) is 76.9 Å². The van der Waals surface area contributed by atoms with Crippen molar-refractivity contribution in [2.24, 2.45) is 5.92 Å². The van der Waals surface area contributed by atoms with Crippen LogP contribution in [0.15, 0.2) is 152 Å². The Bertz CT molecular complexity index is 3170. The zero-order chi connectivity index (χ0) is 44.8. The summed E-state index contributed by atoms with van der Waals surface area (Å²) in [6.45, 7) is 0.158. The molecule has 2 amide bonds. The van der Waals surface area contributed by atoms with E-state index in [9.17, 15) is 5.11 Å². The van der Waals surface area contributed by atoms with Crippen molar-refractivity contribution in [3.63, 3.8) is 0 Å². The number of hydrogen-bond acceptors (Lipinski definition) is 10. The lowest BCUT2D eigenvalue weighted by Crippen LogP contribution is -2.54. The quantitative estimate of drug-likeness (QED) is 0.0899. The summed E-state index contributed by atoms with van der Waals surface area (Å²) in [5, 5.41) is 24.4. The number of nitrogens with zero attached hydrogens (tertiary/aromatic N) is 5. The Morgan fingerprint density at radius 2 is 1.55 bits per heavy atom. The van der Waals surface area contributed by atoms with E-state index in [1.165, 1.54) is 0 Å². The van der Waals surface area contributed by atoms with Crippen LogP contribution in [0.1, 0.15) is 51.8 Å². The molecule has 4 N–H and O–H groups in total. The maximum absolute atomic E-state index is 15.6. The molecule has 2 fully saturated rings. The number of aliphatic hydroxyl groups is 1. The Morgan fingerprint density at radius 1 is 0.818 bits per heavy atom. The van der Waals surface area contributed by atoms with Gasteiger partial charge in [0, 0.05) is 11.3 Å². The van der Waals surface area contributed by atoms with Gasteiger partial charge in [0.2, 0.25) is 11.8 Å². The maximum Gasteiger partial charge on any atom is 0.324 e. The van der Waals surface area contributed by atoms with Crippen LogP contribution in [0.2, 0.25) is 0 Å². The number of aromatic amines is 1. The lowest BCUT2D eigenvalue weighted by atomic mass is 9.65. The zero-order valence-electron chi connectivity index (χ0n) is 35.4. The van der Waals surface area contributed by atoms with Gasteiger partial charge >= 0.3 is 5.97 Å². The van der Waals surface area contributed by atoms with Crippen LogP contribution in [-0.4, -0.2) is 72.0 Å². The Hall–Kier alpha value is -8.12. The van der Waals surface area contributed by atoms with Gasteiger partial charge in [-0.25, -0.2) is 9.67 Å².